The third-order valence-electron chi connectivity index (χ3n) is 3.82. The van der Waals surface area contributed by atoms with E-state index in [4.69, 9.17) is 5.11 Å². The van der Waals surface area contributed by atoms with Crippen LogP contribution in [0.25, 0.3) is 0 Å². The SMILES string of the molecule is O=C(O)CC1(CC(=O)c2ccccc2)CCCC1. The Labute approximate surface area is 107 Å². The molecule has 0 aromatic heterocycles. The van der Waals surface area contributed by atoms with Crippen LogP contribution in [0.4, 0.5) is 0 Å². The first kappa shape index (κ1) is 12.8. The topological polar surface area (TPSA) is 54.4 Å². The van der Waals surface area contributed by atoms with Gasteiger partial charge >= 0.3 is 5.97 Å². The lowest BCUT2D eigenvalue weighted by Crippen LogP contribution is -2.24. The third kappa shape index (κ3) is 2.97. The van der Waals surface area contributed by atoms with Crippen LogP contribution >= 0.6 is 0 Å². The predicted molar refractivity (Wildman–Crippen MR) is 68.5 cm³/mol. The number of carboxylic acid groups (broad SMARTS) is 1. The molecule has 3 nitrogen and oxygen atoms in total. The minimum Gasteiger partial charge on any atom is -0.481 e. The molecule has 1 aliphatic rings. The third-order valence-corrected chi connectivity index (χ3v) is 3.82. The van der Waals surface area contributed by atoms with Crippen LogP contribution in [0.3, 0.4) is 0 Å². The molecule has 1 aliphatic carbocycles. The summed E-state index contributed by atoms with van der Waals surface area (Å²) in [6, 6.07) is 9.15. The monoisotopic (exact) mass is 246 g/mol. The molecule has 0 atom stereocenters. The molecule has 2 rings (SSSR count). The van der Waals surface area contributed by atoms with Crippen molar-refractivity contribution in [3.63, 3.8) is 0 Å². The van der Waals surface area contributed by atoms with E-state index in [0.29, 0.717) is 12.0 Å². The number of carbonyl (C=O) groups excluding carboxylic acids is 1. The van der Waals surface area contributed by atoms with E-state index in [1.165, 1.54) is 0 Å². The Hall–Kier alpha value is -1.64. The first-order chi connectivity index (χ1) is 8.61. The lowest BCUT2D eigenvalue weighted by atomic mass is 9.77. The van der Waals surface area contributed by atoms with E-state index in [1.807, 2.05) is 18.2 Å². The summed E-state index contributed by atoms with van der Waals surface area (Å²) in [6.07, 6.45) is 4.27. The van der Waals surface area contributed by atoms with E-state index in [0.717, 1.165) is 25.7 Å². The van der Waals surface area contributed by atoms with E-state index in [1.54, 1.807) is 12.1 Å². The van der Waals surface area contributed by atoms with Crippen LogP contribution in [0.2, 0.25) is 0 Å². The molecule has 0 spiro atoms. The van der Waals surface area contributed by atoms with Crippen LogP contribution in [0, 0.1) is 5.41 Å². The lowest BCUT2D eigenvalue weighted by molar-refractivity contribution is -0.139. The summed E-state index contributed by atoms with van der Waals surface area (Å²) in [5, 5.41) is 9.01. The zero-order valence-electron chi connectivity index (χ0n) is 10.4. The Morgan fingerprint density at radius 3 is 2.22 bits per heavy atom. The Kier molecular flexibility index (Phi) is 3.80. The summed E-state index contributed by atoms with van der Waals surface area (Å²) in [6.45, 7) is 0. The lowest BCUT2D eigenvalue weighted by Gasteiger charge is -2.26. The maximum Gasteiger partial charge on any atom is 0.303 e. The summed E-state index contributed by atoms with van der Waals surface area (Å²) in [5.74, 6) is -0.725. The average molecular weight is 246 g/mol. The predicted octanol–water partition coefficient (Wildman–Crippen LogP) is 3.29. The van der Waals surface area contributed by atoms with Gasteiger partial charge in [-0.25, -0.2) is 0 Å². The van der Waals surface area contributed by atoms with Gasteiger partial charge < -0.3 is 5.11 Å². The van der Waals surface area contributed by atoms with Crippen molar-refractivity contribution in [2.75, 3.05) is 0 Å². The zero-order valence-corrected chi connectivity index (χ0v) is 10.4. The summed E-state index contributed by atoms with van der Waals surface area (Å²) < 4.78 is 0. The van der Waals surface area contributed by atoms with Gasteiger partial charge in [0.1, 0.15) is 0 Å². The standard InChI is InChI=1S/C15H18O3/c16-13(12-6-2-1-3-7-12)10-15(11-14(17)18)8-4-5-9-15/h1-3,6-7H,4-5,8-11H2,(H,17,18). The van der Waals surface area contributed by atoms with Crippen molar-refractivity contribution in [2.24, 2.45) is 5.41 Å². The molecule has 18 heavy (non-hydrogen) atoms. The number of carbonyl (C=O) groups is 2. The molecule has 0 unspecified atom stereocenters. The van der Waals surface area contributed by atoms with E-state index in [-0.39, 0.29) is 17.6 Å². The second-order valence-corrected chi connectivity index (χ2v) is 5.24. The molecule has 1 aromatic carbocycles. The molecule has 1 aromatic rings. The van der Waals surface area contributed by atoms with Gasteiger partial charge in [-0.3, -0.25) is 9.59 Å². The fraction of sp³-hybridized carbons (Fsp3) is 0.467. The smallest absolute Gasteiger partial charge is 0.303 e. The summed E-state index contributed by atoms with van der Waals surface area (Å²) in [5.41, 5.74) is 0.382. The molecule has 0 heterocycles. The number of ketones is 1. The van der Waals surface area contributed by atoms with Gasteiger partial charge in [0, 0.05) is 12.0 Å². The molecule has 1 N–H and O–H groups in total. The van der Waals surface area contributed by atoms with Gasteiger partial charge in [-0.2, -0.15) is 0 Å². The fourth-order valence-electron chi connectivity index (χ4n) is 2.93. The highest BCUT2D eigenvalue weighted by Crippen LogP contribution is 2.44. The highest BCUT2D eigenvalue weighted by molar-refractivity contribution is 5.96. The van der Waals surface area contributed by atoms with Crippen molar-refractivity contribution >= 4 is 11.8 Å². The van der Waals surface area contributed by atoms with Crippen molar-refractivity contribution in [2.45, 2.75) is 38.5 Å². The molecule has 1 saturated carbocycles. The number of benzene rings is 1. The van der Waals surface area contributed by atoms with Gasteiger partial charge in [-0.05, 0) is 18.3 Å². The van der Waals surface area contributed by atoms with E-state index < -0.39 is 5.97 Å². The molecular formula is C15H18O3. The first-order valence-corrected chi connectivity index (χ1v) is 6.41. The Morgan fingerprint density at radius 2 is 1.67 bits per heavy atom. The summed E-state index contributed by atoms with van der Waals surface area (Å²) >= 11 is 0. The molecule has 0 saturated heterocycles. The van der Waals surface area contributed by atoms with Crippen LogP contribution in [-0.2, 0) is 4.79 Å². The van der Waals surface area contributed by atoms with Crippen molar-refractivity contribution < 1.29 is 14.7 Å². The minimum atomic E-state index is -0.794. The summed E-state index contributed by atoms with van der Waals surface area (Å²) in [7, 11) is 0. The number of carboxylic acids is 1. The Balaban J connectivity index is 2.10. The Morgan fingerprint density at radius 1 is 1.06 bits per heavy atom. The number of hydrogen-bond acceptors (Lipinski definition) is 2. The van der Waals surface area contributed by atoms with Crippen LogP contribution < -0.4 is 0 Å². The quantitative estimate of drug-likeness (QED) is 0.811. The van der Waals surface area contributed by atoms with Crippen LogP contribution in [0.5, 0.6) is 0 Å². The molecule has 0 bridgehead atoms. The maximum absolute atomic E-state index is 12.2. The molecule has 0 radical (unpaired) electrons. The van der Waals surface area contributed by atoms with E-state index >= 15 is 0 Å². The van der Waals surface area contributed by atoms with Gasteiger partial charge in [0.05, 0.1) is 6.42 Å². The highest BCUT2D eigenvalue weighted by atomic mass is 16.4. The first-order valence-electron chi connectivity index (χ1n) is 6.41. The van der Waals surface area contributed by atoms with Gasteiger partial charge in [0.2, 0.25) is 0 Å². The minimum absolute atomic E-state index is 0.0683. The maximum atomic E-state index is 12.2. The number of hydrogen-bond donors (Lipinski definition) is 1. The molecule has 3 heteroatoms. The average Bonchev–Trinajstić information content (AvgIpc) is 2.77. The largest absolute Gasteiger partial charge is 0.481 e. The normalized spacial score (nSPS) is 17.6. The molecular weight excluding hydrogens is 228 g/mol. The van der Waals surface area contributed by atoms with Gasteiger partial charge in [0.15, 0.2) is 5.78 Å². The second kappa shape index (κ2) is 5.34. The highest BCUT2D eigenvalue weighted by Gasteiger charge is 2.37. The van der Waals surface area contributed by atoms with Crippen molar-refractivity contribution in [1.29, 1.82) is 0 Å². The fourth-order valence-corrected chi connectivity index (χ4v) is 2.93. The van der Waals surface area contributed by atoms with Gasteiger partial charge in [-0.15, -0.1) is 0 Å². The zero-order chi connectivity index (χ0) is 13.0. The van der Waals surface area contributed by atoms with Gasteiger partial charge in [-0.1, -0.05) is 43.2 Å². The van der Waals surface area contributed by atoms with Crippen LogP contribution in [0.1, 0.15) is 48.9 Å². The van der Waals surface area contributed by atoms with Crippen molar-refractivity contribution in [3.05, 3.63) is 35.9 Å². The van der Waals surface area contributed by atoms with E-state index in [2.05, 4.69) is 0 Å². The second-order valence-electron chi connectivity index (χ2n) is 5.24. The Bertz CT molecular complexity index is 430. The van der Waals surface area contributed by atoms with Crippen molar-refractivity contribution in [3.8, 4) is 0 Å². The van der Waals surface area contributed by atoms with Crippen LogP contribution in [-0.4, -0.2) is 16.9 Å². The van der Waals surface area contributed by atoms with Crippen molar-refractivity contribution in [1.82, 2.24) is 0 Å². The number of rotatable bonds is 5. The number of aliphatic carboxylic acids is 1. The molecule has 1 fully saturated rings. The molecule has 96 valence electrons. The molecule has 0 aliphatic heterocycles. The molecule has 0 amide bonds. The van der Waals surface area contributed by atoms with E-state index in [9.17, 15) is 9.59 Å². The van der Waals surface area contributed by atoms with Crippen LogP contribution in [0.15, 0.2) is 30.3 Å². The summed E-state index contributed by atoms with van der Waals surface area (Å²) in [4.78, 5) is 23.2. The van der Waals surface area contributed by atoms with Gasteiger partial charge in [0.25, 0.3) is 0 Å². The number of Topliss-reactive ketones (excluding diaryl/α,β-unsaturated/α-hetero) is 1.